The number of para-hydroxylation sites is 4. The molecule has 2 aromatic heterocycles. The molecule has 0 spiro atoms. The Balaban J connectivity index is 1.90. The Morgan fingerprint density at radius 2 is 1.77 bits per heavy atom. The van der Waals surface area contributed by atoms with Crippen molar-refractivity contribution in [1.29, 1.82) is 0 Å². The molecule has 4 rings (SSSR count). The van der Waals surface area contributed by atoms with Gasteiger partial charge in [-0.1, -0.05) is 24.3 Å². The number of fused-ring (bicyclic) bond motifs is 2. The summed E-state index contributed by atoms with van der Waals surface area (Å²) in [5.74, 6) is -1.10. The largest absolute Gasteiger partial charge is 0.509 e. The van der Waals surface area contributed by atoms with Gasteiger partial charge in [-0.15, -0.1) is 0 Å². The normalized spacial score (nSPS) is 12.9. The number of methoxy groups -OCH3 is 1. The van der Waals surface area contributed by atoms with Gasteiger partial charge in [0.2, 0.25) is 15.0 Å². The van der Waals surface area contributed by atoms with Crippen LogP contribution >= 0.6 is 0 Å². The van der Waals surface area contributed by atoms with E-state index in [1.807, 2.05) is 6.07 Å². The van der Waals surface area contributed by atoms with Crippen molar-refractivity contribution >= 4 is 43.4 Å². The maximum absolute atomic E-state index is 12.5. The van der Waals surface area contributed by atoms with Crippen LogP contribution in [0.4, 0.5) is 0 Å². The molecule has 4 aromatic rings. The standard InChI is InChI=1S/C20H18N4O5S/c1-29-19(26)17(18-21-12-7-3-4-8-13(12)22-18)16(25)11-24-15-10-6-5-9-14(15)23-20(24)30(2,27)28/h3-10,25H,11H2,1-2H3,(H,21,22)/b17-16+. The van der Waals surface area contributed by atoms with E-state index in [1.165, 1.54) is 11.7 Å². The van der Waals surface area contributed by atoms with Gasteiger partial charge in [0.1, 0.15) is 17.2 Å². The summed E-state index contributed by atoms with van der Waals surface area (Å²) < 4.78 is 30.7. The molecule has 0 unspecified atom stereocenters. The van der Waals surface area contributed by atoms with Gasteiger partial charge < -0.3 is 19.4 Å². The van der Waals surface area contributed by atoms with Gasteiger partial charge in [-0.3, -0.25) is 0 Å². The Labute approximate surface area is 171 Å². The van der Waals surface area contributed by atoms with E-state index in [9.17, 15) is 18.3 Å². The molecule has 0 aliphatic carbocycles. The number of nitrogens with one attached hydrogen (secondary N) is 1. The minimum Gasteiger partial charge on any atom is -0.509 e. The van der Waals surface area contributed by atoms with E-state index in [2.05, 4.69) is 15.0 Å². The molecule has 0 bridgehead atoms. The summed E-state index contributed by atoms with van der Waals surface area (Å²) in [4.78, 5) is 24.0. The minimum absolute atomic E-state index is 0.117. The molecule has 0 aliphatic heterocycles. The van der Waals surface area contributed by atoms with E-state index in [1.54, 1.807) is 42.5 Å². The summed E-state index contributed by atoms with van der Waals surface area (Å²) in [6.07, 6.45) is 1.03. The number of aromatic nitrogens is 4. The van der Waals surface area contributed by atoms with Crippen molar-refractivity contribution < 1.29 is 23.1 Å². The Kier molecular flexibility index (Phi) is 4.78. The summed E-state index contributed by atoms with van der Waals surface area (Å²) >= 11 is 0. The molecule has 10 heteroatoms. The van der Waals surface area contributed by atoms with Gasteiger partial charge in [-0.05, 0) is 24.3 Å². The molecule has 30 heavy (non-hydrogen) atoms. The number of sulfone groups is 1. The fourth-order valence-corrected chi connectivity index (χ4v) is 4.07. The Morgan fingerprint density at radius 1 is 1.10 bits per heavy atom. The van der Waals surface area contributed by atoms with E-state index >= 15 is 0 Å². The third-order valence-corrected chi connectivity index (χ3v) is 5.54. The molecular weight excluding hydrogens is 408 g/mol. The number of hydrogen-bond donors (Lipinski definition) is 2. The number of aromatic amines is 1. The van der Waals surface area contributed by atoms with E-state index < -0.39 is 21.6 Å². The highest BCUT2D eigenvalue weighted by Crippen LogP contribution is 2.25. The van der Waals surface area contributed by atoms with Crippen LogP contribution in [0.1, 0.15) is 5.82 Å². The van der Waals surface area contributed by atoms with Crippen LogP contribution in [0.25, 0.3) is 27.6 Å². The highest BCUT2D eigenvalue weighted by atomic mass is 32.2. The van der Waals surface area contributed by atoms with Crippen molar-refractivity contribution in [2.24, 2.45) is 0 Å². The SMILES string of the molecule is COC(=O)/C(=C(/O)Cn1c(S(C)(=O)=O)nc2ccccc21)c1nc2ccccc2[nH]1. The molecule has 0 atom stereocenters. The van der Waals surface area contributed by atoms with Gasteiger partial charge in [0.05, 0.1) is 35.7 Å². The van der Waals surface area contributed by atoms with Crippen molar-refractivity contribution in [2.45, 2.75) is 11.7 Å². The number of aliphatic hydroxyl groups excluding tert-OH is 1. The number of carbonyl (C=O) groups is 1. The lowest BCUT2D eigenvalue weighted by Gasteiger charge is -2.11. The number of rotatable bonds is 5. The zero-order chi connectivity index (χ0) is 21.5. The monoisotopic (exact) mass is 426 g/mol. The average molecular weight is 426 g/mol. The number of esters is 1. The quantitative estimate of drug-likeness (QED) is 0.285. The number of allylic oxidation sites excluding steroid dienone is 1. The summed E-state index contributed by atoms with van der Waals surface area (Å²) in [6, 6.07) is 14.0. The van der Waals surface area contributed by atoms with Gasteiger partial charge >= 0.3 is 5.97 Å². The molecule has 154 valence electrons. The number of ether oxygens (including phenoxy) is 1. The second-order valence-corrected chi connectivity index (χ2v) is 8.57. The first-order valence-corrected chi connectivity index (χ1v) is 10.8. The maximum atomic E-state index is 12.5. The van der Waals surface area contributed by atoms with E-state index in [0.29, 0.717) is 22.1 Å². The molecule has 0 saturated heterocycles. The van der Waals surface area contributed by atoms with E-state index in [0.717, 1.165) is 6.26 Å². The Hall–Kier alpha value is -3.66. The number of carbonyl (C=O) groups excluding carboxylic acids is 1. The van der Waals surface area contributed by atoms with Crippen molar-refractivity contribution in [3.8, 4) is 0 Å². The lowest BCUT2D eigenvalue weighted by Crippen LogP contribution is -2.15. The number of aliphatic hydroxyl groups is 1. The molecule has 0 aliphatic rings. The van der Waals surface area contributed by atoms with Gasteiger partial charge in [-0.2, -0.15) is 0 Å². The molecule has 2 aromatic carbocycles. The fraction of sp³-hybridized carbons (Fsp3) is 0.150. The van der Waals surface area contributed by atoms with Gasteiger partial charge in [0.15, 0.2) is 0 Å². The molecule has 0 radical (unpaired) electrons. The van der Waals surface area contributed by atoms with Gasteiger partial charge in [0.25, 0.3) is 0 Å². The van der Waals surface area contributed by atoms with Crippen LogP contribution < -0.4 is 0 Å². The van der Waals surface area contributed by atoms with E-state index in [-0.39, 0.29) is 23.1 Å². The topological polar surface area (TPSA) is 127 Å². The van der Waals surface area contributed by atoms with Gasteiger partial charge in [0, 0.05) is 6.26 Å². The molecule has 2 N–H and O–H groups in total. The summed E-state index contributed by atoms with van der Waals surface area (Å²) in [6.45, 7) is -0.315. The van der Waals surface area contributed by atoms with Crippen molar-refractivity contribution in [3.63, 3.8) is 0 Å². The smallest absolute Gasteiger partial charge is 0.345 e. The third kappa shape index (κ3) is 3.41. The van der Waals surface area contributed by atoms with Crippen LogP contribution in [-0.4, -0.2) is 52.4 Å². The van der Waals surface area contributed by atoms with Crippen LogP contribution in [0.2, 0.25) is 0 Å². The Morgan fingerprint density at radius 3 is 2.43 bits per heavy atom. The van der Waals surface area contributed by atoms with Gasteiger partial charge in [-0.25, -0.2) is 23.2 Å². The second-order valence-electron chi connectivity index (χ2n) is 6.66. The number of imidazole rings is 2. The molecule has 9 nitrogen and oxygen atoms in total. The summed E-state index contributed by atoms with van der Waals surface area (Å²) in [5.41, 5.74) is 2.04. The predicted octanol–water partition coefficient (Wildman–Crippen LogP) is 2.46. The first kappa shape index (κ1) is 19.6. The number of H-pyrrole nitrogens is 1. The van der Waals surface area contributed by atoms with Crippen LogP contribution in [0.3, 0.4) is 0 Å². The summed E-state index contributed by atoms with van der Waals surface area (Å²) in [7, 11) is -2.51. The lowest BCUT2D eigenvalue weighted by molar-refractivity contribution is -0.133. The zero-order valence-corrected chi connectivity index (χ0v) is 17.0. The Bertz CT molecular complexity index is 1380. The lowest BCUT2D eigenvalue weighted by atomic mass is 10.2. The fourth-order valence-electron chi connectivity index (χ4n) is 3.24. The molecule has 0 saturated carbocycles. The molecular formula is C20H18N4O5S. The number of nitrogens with zero attached hydrogens (tertiary/aromatic N) is 3. The number of hydrogen-bond acceptors (Lipinski definition) is 7. The highest BCUT2D eigenvalue weighted by molar-refractivity contribution is 7.90. The third-order valence-electron chi connectivity index (χ3n) is 4.56. The zero-order valence-electron chi connectivity index (χ0n) is 16.2. The highest BCUT2D eigenvalue weighted by Gasteiger charge is 2.25. The minimum atomic E-state index is -3.70. The average Bonchev–Trinajstić information content (AvgIpc) is 3.29. The van der Waals surface area contributed by atoms with Crippen molar-refractivity contribution in [1.82, 2.24) is 19.5 Å². The number of benzene rings is 2. The van der Waals surface area contributed by atoms with Crippen LogP contribution in [0, 0.1) is 0 Å². The van der Waals surface area contributed by atoms with Crippen molar-refractivity contribution in [2.75, 3.05) is 13.4 Å². The van der Waals surface area contributed by atoms with Crippen LogP contribution in [0.5, 0.6) is 0 Å². The molecule has 2 heterocycles. The van der Waals surface area contributed by atoms with Crippen LogP contribution in [-0.2, 0) is 25.9 Å². The predicted molar refractivity (Wildman–Crippen MR) is 111 cm³/mol. The molecule has 0 amide bonds. The van der Waals surface area contributed by atoms with E-state index in [4.69, 9.17) is 4.74 Å². The maximum Gasteiger partial charge on any atom is 0.345 e. The first-order valence-electron chi connectivity index (χ1n) is 8.90. The second kappa shape index (κ2) is 7.30. The van der Waals surface area contributed by atoms with Crippen LogP contribution in [0.15, 0.2) is 59.4 Å². The summed E-state index contributed by atoms with van der Waals surface area (Å²) in [5, 5.41) is 10.7. The molecule has 0 fully saturated rings. The van der Waals surface area contributed by atoms with Crippen molar-refractivity contribution in [3.05, 3.63) is 60.1 Å². The first-order chi connectivity index (χ1) is 14.3.